The van der Waals surface area contributed by atoms with E-state index in [0.717, 1.165) is 6.42 Å². The summed E-state index contributed by atoms with van der Waals surface area (Å²) < 4.78 is 0. The van der Waals surface area contributed by atoms with Crippen molar-refractivity contribution in [2.24, 2.45) is 11.7 Å². The van der Waals surface area contributed by atoms with E-state index in [1.807, 2.05) is 13.8 Å². The summed E-state index contributed by atoms with van der Waals surface area (Å²) in [6.07, 6.45) is 1.05. The van der Waals surface area contributed by atoms with E-state index in [9.17, 15) is 4.79 Å². The summed E-state index contributed by atoms with van der Waals surface area (Å²) in [4.78, 5) is 11.2. The number of rotatable bonds is 6. The summed E-state index contributed by atoms with van der Waals surface area (Å²) >= 11 is 0. The van der Waals surface area contributed by atoms with Crippen molar-refractivity contribution in [1.29, 1.82) is 0 Å². The SMILES string of the molecule is CCc1ccc(CNC(C(N)=O)C(C)C)cc1. The van der Waals surface area contributed by atoms with Crippen LogP contribution in [0.3, 0.4) is 0 Å². The highest BCUT2D eigenvalue weighted by Crippen LogP contribution is 2.07. The first-order valence-corrected chi connectivity index (χ1v) is 6.15. The molecule has 1 unspecified atom stereocenters. The monoisotopic (exact) mass is 234 g/mol. The minimum absolute atomic E-state index is 0.211. The van der Waals surface area contributed by atoms with Gasteiger partial charge in [-0.15, -0.1) is 0 Å². The minimum atomic E-state index is -0.287. The predicted molar refractivity (Wildman–Crippen MR) is 70.5 cm³/mol. The third-order valence-corrected chi connectivity index (χ3v) is 2.93. The minimum Gasteiger partial charge on any atom is -0.368 e. The predicted octanol–water partition coefficient (Wildman–Crippen LogP) is 1.85. The van der Waals surface area contributed by atoms with Gasteiger partial charge in [0, 0.05) is 6.54 Å². The van der Waals surface area contributed by atoms with Crippen molar-refractivity contribution >= 4 is 5.91 Å². The smallest absolute Gasteiger partial charge is 0.234 e. The first kappa shape index (κ1) is 13.7. The summed E-state index contributed by atoms with van der Waals surface area (Å²) in [5.74, 6) is -0.0763. The van der Waals surface area contributed by atoms with Crippen LogP contribution in [-0.4, -0.2) is 11.9 Å². The largest absolute Gasteiger partial charge is 0.368 e. The zero-order valence-electron chi connectivity index (χ0n) is 10.9. The highest BCUT2D eigenvalue weighted by atomic mass is 16.1. The molecule has 17 heavy (non-hydrogen) atoms. The first-order chi connectivity index (χ1) is 8.04. The lowest BCUT2D eigenvalue weighted by atomic mass is 10.0. The van der Waals surface area contributed by atoms with Crippen LogP contribution in [0, 0.1) is 5.92 Å². The number of primary amides is 1. The first-order valence-electron chi connectivity index (χ1n) is 6.15. The number of nitrogens with two attached hydrogens (primary N) is 1. The fourth-order valence-electron chi connectivity index (χ4n) is 1.79. The van der Waals surface area contributed by atoms with E-state index in [1.165, 1.54) is 11.1 Å². The molecule has 0 aliphatic rings. The molecule has 1 aromatic rings. The fraction of sp³-hybridized carbons (Fsp3) is 0.500. The molecule has 3 heteroatoms. The Morgan fingerprint density at radius 2 is 1.76 bits per heavy atom. The number of nitrogens with one attached hydrogen (secondary N) is 1. The average Bonchev–Trinajstić information content (AvgIpc) is 2.29. The highest BCUT2D eigenvalue weighted by molar-refractivity contribution is 5.80. The number of amides is 1. The molecule has 0 spiro atoms. The van der Waals surface area contributed by atoms with Crippen LogP contribution >= 0.6 is 0 Å². The molecule has 1 amide bonds. The number of benzene rings is 1. The van der Waals surface area contributed by atoms with Gasteiger partial charge in [0.15, 0.2) is 0 Å². The van der Waals surface area contributed by atoms with Gasteiger partial charge in [0.25, 0.3) is 0 Å². The van der Waals surface area contributed by atoms with Crippen LogP contribution in [0.2, 0.25) is 0 Å². The summed E-state index contributed by atoms with van der Waals surface area (Å²) in [7, 11) is 0. The van der Waals surface area contributed by atoms with Crippen LogP contribution in [0.15, 0.2) is 24.3 Å². The van der Waals surface area contributed by atoms with Crippen molar-refractivity contribution in [1.82, 2.24) is 5.32 Å². The standard InChI is InChI=1S/C14H22N2O/c1-4-11-5-7-12(8-6-11)9-16-13(10(2)3)14(15)17/h5-8,10,13,16H,4,9H2,1-3H3,(H2,15,17). The highest BCUT2D eigenvalue weighted by Gasteiger charge is 2.18. The van der Waals surface area contributed by atoms with Crippen LogP contribution in [0.4, 0.5) is 0 Å². The molecule has 1 aromatic carbocycles. The van der Waals surface area contributed by atoms with Crippen LogP contribution < -0.4 is 11.1 Å². The molecule has 0 saturated heterocycles. The topological polar surface area (TPSA) is 55.1 Å². The van der Waals surface area contributed by atoms with Gasteiger partial charge in [0.1, 0.15) is 0 Å². The summed E-state index contributed by atoms with van der Waals surface area (Å²) in [6, 6.07) is 8.15. The second-order valence-corrected chi connectivity index (χ2v) is 4.68. The normalized spacial score (nSPS) is 12.7. The van der Waals surface area contributed by atoms with E-state index in [1.54, 1.807) is 0 Å². The molecule has 0 aliphatic heterocycles. The van der Waals surface area contributed by atoms with Gasteiger partial charge in [-0.2, -0.15) is 0 Å². The lowest BCUT2D eigenvalue weighted by molar-refractivity contribution is -0.121. The molecule has 0 fully saturated rings. The second-order valence-electron chi connectivity index (χ2n) is 4.68. The molecule has 3 nitrogen and oxygen atoms in total. The maximum atomic E-state index is 11.2. The van der Waals surface area contributed by atoms with E-state index < -0.39 is 0 Å². The van der Waals surface area contributed by atoms with Gasteiger partial charge in [0.05, 0.1) is 6.04 Å². The zero-order chi connectivity index (χ0) is 12.8. The van der Waals surface area contributed by atoms with Crippen molar-refractivity contribution in [3.8, 4) is 0 Å². The lowest BCUT2D eigenvalue weighted by Gasteiger charge is -2.19. The van der Waals surface area contributed by atoms with Crippen molar-refractivity contribution < 1.29 is 4.79 Å². The van der Waals surface area contributed by atoms with Crippen LogP contribution in [0.25, 0.3) is 0 Å². The Morgan fingerprint density at radius 1 is 1.24 bits per heavy atom. The van der Waals surface area contributed by atoms with E-state index >= 15 is 0 Å². The Morgan fingerprint density at radius 3 is 2.18 bits per heavy atom. The molecule has 1 atom stereocenters. The van der Waals surface area contributed by atoms with Crippen molar-refractivity contribution in [2.45, 2.75) is 39.8 Å². The van der Waals surface area contributed by atoms with Gasteiger partial charge in [0.2, 0.25) is 5.91 Å². The molecule has 1 rings (SSSR count). The number of carbonyl (C=O) groups is 1. The van der Waals surface area contributed by atoms with Crippen LogP contribution in [0.5, 0.6) is 0 Å². The van der Waals surface area contributed by atoms with Gasteiger partial charge in [-0.25, -0.2) is 0 Å². The Hall–Kier alpha value is -1.35. The summed E-state index contributed by atoms with van der Waals surface area (Å²) in [5, 5.41) is 3.20. The molecular weight excluding hydrogens is 212 g/mol. The summed E-state index contributed by atoms with van der Waals surface area (Å²) in [6.45, 7) is 6.79. The molecule has 0 bridgehead atoms. The van der Waals surface area contributed by atoms with Gasteiger partial charge in [-0.3, -0.25) is 4.79 Å². The van der Waals surface area contributed by atoms with E-state index in [4.69, 9.17) is 5.73 Å². The van der Waals surface area contributed by atoms with E-state index in [2.05, 4.69) is 36.5 Å². The number of carbonyl (C=O) groups excluding carboxylic acids is 1. The fourth-order valence-corrected chi connectivity index (χ4v) is 1.79. The molecular formula is C14H22N2O. The van der Waals surface area contributed by atoms with Crippen molar-refractivity contribution in [3.05, 3.63) is 35.4 Å². The molecule has 0 radical (unpaired) electrons. The third kappa shape index (κ3) is 4.19. The maximum Gasteiger partial charge on any atom is 0.234 e. The van der Waals surface area contributed by atoms with Crippen molar-refractivity contribution in [3.63, 3.8) is 0 Å². The molecule has 94 valence electrons. The third-order valence-electron chi connectivity index (χ3n) is 2.93. The van der Waals surface area contributed by atoms with Crippen LogP contribution in [0.1, 0.15) is 31.9 Å². The average molecular weight is 234 g/mol. The maximum absolute atomic E-state index is 11.2. The van der Waals surface area contributed by atoms with Crippen molar-refractivity contribution in [2.75, 3.05) is 0 Å². The summed E-state index contributed by atoms with van der Waals surface area (Å²) in [5.41, 5.74) is 7.84. The van der Waals surface area contributed by atoms with E-state index in [0.29, 0.717) is 6.54 Å². The number of hydrogen-bond donors (Lipinski definition) is 2. The quantitative estimate of drug-likeness (QED) is 0.789. The Bertz CT molecular complexity index is 357. The Labute approximate surface area is 103 Å². The molecule has 0 heterocycles. The van der Waals surface area contributed by atoms with E-state index in [-0.39, 0.29) is 17.9 Å². The second kappa shape index (κ2) is 6.40. The van der Waals surface area contributed by atoms with Crippen LogP contribution in [-0.2, 0) is 17.8 Å². The van der Waals surface area contributed by atoms with Gasteiger partial charge < -0.3 is 11.1 Å². The zero-order valence-corrected chi connectivity index (χ0v) is 10.9. The number of hydrogen-bond acceptors (Lipinski definition) is 2. The van der Waals surface area contributed by atoms with Gasteiger partial charge >= 0.3 is 0 Å². The van der Waals surface area contributed by atoms with Gasteiger partial charge in [-0.1, -0.05) is 45.0 Å². The molecule has 0 saturated carbocycles. The van der Waals surface area contributed by atoms with Gasteiger partial charge in [-0.05, 0) is 23.5 Å². The Balaban J connectivity index is 2.56. The molecule has 0 aliphatic carbocycles. The number of aryl methyl sites for hydroxylation is 1. The lowest BCUT2D eigenvalue weighted by Crippen LogP contribution is -2.44. The molecule has 0 aromatic heterocycles. The molecule has 3 N–H and O–H groups in total. The Kier molecular flexibility index (Phi) is 5.16.